The molecule has 0 aromatic carbocycles. The lowest BCUT2D eigenvalue weighted by Gasteiger charge is -2.14. The van der Waals surface area contributed by atoms with E-state index in [1.807, 2.05) is 6.21 Å². The zero-order chi connectivity index (χ0) is 9.40. The third-order valence-electron chi connectivity index (χ3n) is 2.03. The second kappa shape index (κ2) is 7.29. The Kier molecular flexibility index (Phi) is 7.06. The van der Waals surface area contributed by atoms with Crippen LogP contribution in [0.15, 0.2) is 4.99 Å². The van der Waals surface area contributed by atoms with Crippen molar-refractivity contribution in [2.24, 2.45) is 4.99 Å². The molecule has 2 heteroatoms. The lowest BCUT2D eigenvalue weighted by molar-refractivity contribution is 0.386. The van der Waals surface area contributed by atoms with Gasteiger partial charge in [0.15, 0.2) is 0 Å². The molecule has 0 amide bonds. The maximum atomic E-state index is 4.36. The van der Waals surface area contributed by atoms with Gasteiger partial charge in [0.25, 0.3) is 0 Å². The smallest absolute Gasteiger partial charge is 0.0412 e. The fraction of sp³-hybridized carbons (Fsp3) is 0.900. The molecule has 0 aliphatic carbocycles. The molecule has 0 heterocycles. The summed E-state index contributed by atoms with van der Waals surface area (Å²) < 4.78 is 0. The SMILES string of the molecule is CCCCC/N=C/C(C)N(C)C. The van der Waals surface area contributed by atoms with E-state index in [0.29, 0.717) is 6.04 Å². The van der Waals surface area contributed by atoms with Gasteiger partial charge >= 0.3 is 0 Å². The summed E-state index contributed by atoms with van der Waals surface area (Å²) in [4.78, 5) is 6.52. The number of unbranched alkanes of at least 4 members (excludes halogenated alkanes) is 2. The number of hydrogen-bond donors (Lipinski definition) is 0. The van der Waals surface area contributed by atoms with Gasteiger partial charge in [-0.15, -0.1) is 0 Å². The summed E-state index contributed by atoms with van der Waals surface area (Å²) in [6.45, 7) is 5.36. The summed E-state index contributed by atoms with van der Waals surface area (Å²) in [5.41, 5.74) is 0. The lowest BCUT2D eigenvalue weighted by atomic mass is 10.2. The second-order valence-corrected chi connectivity index (χ2v) is 3.47. The van der Waals surface area contributed by atoms with Crippen molar-refractivity contribution in [1.82, 2.24) is 4.90 Å². The van der Waals surface area contributed by atoms with Crippen LogP contribution in [0.5, 0.6) is 0 Å². The monoisotopic (exact) mass is 170 g/mol. The van der Waals surface area contributed by atoms with Crippen LogP contribution >= 0.6 is 0 Å². The Morgan fingerprint density at radius 1 is 1.33 bits per heavy atom. The number of aliphatic imine (C=N–C) groups is 1. The molecule has 0 saturated carbocycles. The van der Waals surface area contributed by atoms with E-state index < -0.39 is 0 Å². The lowest BCUT2D eigenvalue weighted by Crippen LogP contribution is -2.25. The number of hydrogen-bond acceptors (Lipinski definition) is 2. The molecule has 0 aliphatic heterocycles. The minimum atomic E-state index is 0.464. The van der Waals surface area contributed by atoms with E-state index in [2.05, 4.69) is 37.8 Å². The molecule has 72 valence electrons. The summed E-state index contributed by atoms with van der Waals surface area (Å²) in [6.07, 6.45) is 5.84. The third-order valence-corrected chi connectivity index (χ3v) is 2.03. The summed E-state index contributed by atoms with van der Waals surface area (Å²) in [5, 5.41) is 0. The van der Waals surface area contributed by atoms with Gasteiger partial charge in [-0.3, -0.25) is 4.99 Å². The van der Waals surface area contributed by atoms with Gasteiger partial charge in [-0.25, -0.2) is 0 Å². The summed E-state index contributed by atoms with van der Waals surface area (Å²) in [6, 6.07) is 0.464. The first kappa shape index (κ1) is 11.6. The Bertz CT molecular complexity index is 119. The predicted octanol–water partition coefficient (Wildman–Crippen LogP) is 2.20. The van der Waals surface area contributed by atoms with Crippen LogP contribution in [-0.2, 0) is 0 Å². The van der Waals surface area contributed by atoms with Gasteiger partial charge in [-0.05, 0) is 27.4 Å². The van der Waals surface area contributed by atoms with E-state index in [1.54, 1.807) is 0 Å². The topological polar surface area (TPSA) is 15.6 Å². The molecule has 0 saturated heterocycles. The first-order valence-electron chi connectivity index (χ1n) is 4.84. The number of nitrogens with zero attached hydrogens (tertiary/aromatic N) is 2. The van der Waals surface area contributed by atoms with Gasteiger partial charge in [0.2, 0.25) is 0 Å². The van der Waals surface area contributed by atoms with Crippen LogP contribution in [-0.4, -0.2) is 37.8 Å². The summed E-state index contributed by atoms with van der Waals surface area (Å²) in [7, 11) is 4.14. The molecule has 0 aromatic rings. The van der Waals surface area contributed by atoms with Crippen LogP contribution in [0.4, 0.5) is 0 Å². The quantitative estimate of drug-likeness (QED) is 0.441. The molecule has 0 aliphatic rings. The van der Waals surface area contributed by atoms with Crippen molar-refractivity contribution in [3.63, 3.8) is 0 Å². The molecular weight excluding hydrogens is 148 g/mol. The van der Waals surface area contributed by atoms with Crippen molar-refractivity contribution in [3.05, 3.63) is 0 Å². The van der Waals surface area contributed by atoms with E-state index in [4.69, 9.17) is 0 Å². The van der Waals surface area contributed by atoms with Crippen LogP contribution in [0.25, 0.3) is 0 Å². The fourth-order valence-corrected chi connectivity index (χ4v) is 0.814. The first-order chi connectivity index (χ1) is 5.68. The minimum absolute atomic E-state index is 0.464. The third kappa shape index (κ3) is 6.35. The zero-order valence-electron chi connectivity index (χ0n) is 8.88. The molecule has 0 aromatic heterocycles. The molecule has 0 bridgehead atoms. The van der Waals surface area contributed by atoms with E-state index in [-0.39, 0.29) is 0 Å². The van der Waals surface area contributed by atoms with Crippen molar-refractivity contribution < 1.29 is 0 Å². The fourth-order valence-electron chi connectivity index (χ4n) is 0.814. The zero-order valence-corrected chi connectivity index (χ0v) is 8.88. The molecular formula is C10H22N2. The van der Waals surface area contributed by atoms with Crippen molar-refractivity contribution >= 4 is 6.21 Å². The van der Waals surface area contributed by atoms with Crippen LogP contribution in [0.3, 0.4) is 0 Å². The Morgan fingerprint density at radius 2 is 2.00 bits per heavy atom. The molecule has 0 fully saturated rings. The summed E-state index contributed by atoms with van der Waals surface area (Å²) in [5.74, 6) is 0. The Labute approximate surface area is 76.7 Å². The molecule has 1 atom stereocenters. The highest BCUT2D eigenvalue weighted by atomic mass is 15.1. The average Bonchev–Trinajstić information content (AvgIpc) is 2.03. The van der Waals surface area contributed by atoms with Gasteiger partial charge in [-0.1, -0.05) is 19.8 Å². The van der Waals surface area contributed by atoms with Gasteiger partial charge in [0.1, 0.15) is 0 Å². The van der Waals surface area contributed by atoms with Crippen molar-refractivity contribution in [2.45, 2.75) is 39.2 Å². The van der Waals surface area contributed by atoms with E-state index in [0.717, 1.165) is 6.54 Å². The largest absolute Gasteiger partial charge is 0.302 e. The molecule has 0 spiro atoms. The molecule has 12 heavy (non-hydrogen) atoms. The minimum Gasteiger partial charge on any atom is -0.302 e. The standard InChI is InChI=1S/C10H22N2/c1-5-6-7-8-11-9-10(2)12(3)4/h9-10H,5-8H2,1-4H3/b11-9+. The predicted molar refractivity (Wildman–Crippen MR) is 56.0 cm³/mol. The normalized spacial score (nSPS) is 14.4. The number of rotatable bonds is 6. The van der Waals surface area contributed by atoms with Crippen molar-refractivity contribution in [1.29, 1.82) is 0 Å². The molecule has 1 unspecified atom stereocenters. The van der Waals surface area contributed by atoms with Crippen molar-refractivity contribution in [2.75, 3.05) is 20.6 Å². The first-order valence-corrected chi connectivity index (χ1v) is 4.84. The Hall–Kier alpha value is -0.370. The van der Waals surface area contributed by atoms with Gasteiger partial charge in [0, 0.05) is 18.8 Å². The highest BCUT2D eigenvalue weighted by Gasteiger charge is 1.97. The summed E-state index contributed by atoms with van der Waals surface area (Å²) >= 11 is 0. The van der Waals surface area contributed by atoms with Crippen LogP contribution < -0.4 is 0 Å². The van der Waals surface area contributed by atoms with Crippen molar-refractivity contribution in [3.8, 4) is 0 Å². The Balaban J connectivity index is 3.35. The highest BCUT2D eigenvalue weighted by Crippen LogP contribution is 1.94. The molecule has 0 rings (SSSR count). The van der Waals surface area contributed by atoms with Crippen LogP contribution in [0.2, 0.25) is 0 Å². The van der Waals surface area contributed by atoms with E-state index in [9.17, 15) is 0 Å². The van der Waals surface area contributed by atoms with Crippen LogP contribution in [0, 0.1) is 0 Å². The van der Waals surface area contributed by atoms with E-state index >= 15 is 0 Å². The Morgan fingerprint density at radius 3 is 2.50 bits per heavy atom. The molecule has 2 nitrogen and oxygen atoms in total. The van der Waals surface area contributed by atoms with E-state index in [1.165, 1.54) is 19.3 Å². The maximum Gasteiger partial charge on any atom is 0.0412 e. The average molecular weight is 170 g/mol. The van der Waals surface area contributed by atoms with Gasteiger partial charge < -0.3 is 4.90 Å². The maximum absolute atomic E-state index is 4.36. The molecule has 0 radical (unpaired) electrons. The van der Waals surface area contributed by atoms with Crippen LogP contribution in [0.1, 0.15) is 33.1 Å². The molecule has 0 N–H and O–H groups in total. The van der Waals surface area contributed by atoms with Gasteiger partial charge in [-0.2, -0.15) is 0 Å². The van der Waals surface area contributed by atoms with Gasteiger partial charge in [0.05, 0.1) is 0 Å². The second-order valence-electron chi connectivity index (χ2n) is 3.47. The highest BCUT2D eigenvalue weighted by molar-refractivity contribution is 5.63.